The van der Waals surface area contributed by atoms with Gasteiger partial charge in [0.2, 0.25) is 5.91 Å². The molecule has 0 saturated carbocycles. The molecule has 1 saturated heterocycles. The summed E-state index contributed by atoms with van der Waals surface area (Å²) in [4.78, 5) is 33.8. The fraction of sp³-hybridized carbons (Fsp3) is 0.182. The molecule has 4 amide bonds. The number of halogens is 1. The average Bonchev–Trinajstić information content (AvgIpc) is 2.61. The number of hydrogen-bond acceptors (Lipinski definition) is 3. The van der Waals surface area contributed by atoms with Gasteiger partial charge in [-0.25, -0.2) is 4.79 Å². The van der Waals surface area contributed by atoms with Crippen molar-refractivity contribution in [1.82, 2.24) is 10.6 Å². The largest absolute Gasteiger partial charge is 0.325 e. The second-order valence-electron chi connectivity index (χ2n) is 3.75. The van der Waals surface area contributed by atoms with Crippen molar-refractivity contribution in [1.29, 1.82) is 0 Å². The van der Waals surface area contributed by atoms with E-state index in [1.165, 1.54) is 0 Å². The van der Waals surface area contributed by atoms with Gasteiger partial charge in [0.1, 0.15) is 6.04 Å². The predicted octanol–water partition coefficient (Wildman–Crippen LogP) is 0.986. The van der Waals surface area contributed by atoms with Gasteiger partial charge in [-0.3, -0.25) is 14.9 Å². The molecule has 1 atom stereocenters. The quantitative estimate of drug-likeness (QED) is 0.727. The lowest BCUT2D eigenvalue weighted by Crippen LogP contribution is -2.33. The highest BCUT2D eigenvalue weighted by Gasteiger charge is 2.31. The molecule has 1 aromatic rings. The lowest BCUT2D eigenvalue weighted by atomic mass is 10.2. The summed E-state index contributed by atoms with van der Waals surface area (Å²) < 4.78 is 0.748. The number of carbonyl (C=O) groups is 3. The van der Waals surface area contributed by atoms with Crippen LogP contribution in [0, 0.1) is 0 Å². The third kappa shape index (κ3) is 2.86. The number of urea groups is 1. The third-order valence-corrected chi connectivity index (χ3v) is 3.09. The maximum absolute atomic E-state index is 11.7. The Morgan fingerprint density at radius 3 is 2.67 bits per heavy atom. The van der Waals surface area contributed by atoms with Crippen LogP contribution in [0.15, 0.2) is 28.7 Å². The standard InChI is InChI=1S/C11H10BrN3O3/c12-6-3-1-2-4-7(6)13-9(16)5-8-10(17)15-11(18)14-8/h1-4,8H,5H2,(H,13,16)(H2,14,15,17,18). The monoisotopic (exact) mass is 311 g/mol. The van der Waals surface area contributed by atoms with Gasteiger partial charge in [-0.2, -0.15) is 0 Å². The predicted molar refractivity (Wildman–Crippen MR) is 67.9 cm³/mol. The summed E-state index contributed by atoms with van der Waals surface area (Å²) in [6.07, 6.45) is -0.0983. The first kappa shape index (κ1) is 12.6. The van der Waals surface area contributed by atoms with Gasteiger partial charge in [0.05, 0.1) is 12.1 Å². The number of hydrogen-bond donors (Lipinski definition) is 3. The molecule has 1 aromatic carbocycles. The highest BCUT2D eigenvalue weighted by Crippen LogP contribution is 2.21. The number of para-hydroxylation sites is 1. The van der Waals surface area contributed by atoms with E-state index in [0.717, 1.165) is 4.47 Å². The van der Waals surface area contributed by atoms with Gasteiger partial charge in [0.25, 0.3) is 5.91 Å². The molecule has 1 unspecified atom stereocenters. The van der Waals surface area contributed by atoms with Crippen LogP contribution in [0.3, 0.4) is 0 Å². The Hall–Kier alpha value is -1.89. The van der Waals surface area contributed by atoms with E-state index in [2.05, 4.69) is 31.9 Å². The Morgan fingerprint density at radius 2 is 2.06 bits per heavy atom. The highest BCUT2D eigenvalue weighted by molar-refractivity contribution is 9.10. The minimum Gasteiger partial charge on any atom is -0.325 e. The zero-order valence-corrected chi connectivity index (χ0v) is 10.8. The smallest absolute Gasteiger partial charge is 0.322 e. The summed E-state index contributed by atoms with van der Waals surface area (Å²) in [6.45, 7) is 0. The van der Waals surface area contributed by atoms with E-state index < -0.39 is 18.0 Å². The number of benzene rings is 1. The molecule has 18 heavy (non-hydrogen) atoms. The first-order valence-corrected chi connectivity index (χ1v) is 6.01. The van der Waals surface area contributed by atoms with Crippen LogP contribution in [0.2, 0.25) is 0 Å². The molecule has 1 aliphatic heterocycles. The van der Waals surface area contributed by atoms with Gasteiger partial charge in [0, 0.05) is 4.47 Å². The van der Waals surface area contributed by atoms with Gasteiger partial charge in [-0.05, 0) is 28.1 Å². The van der Waals surface area contributed by atoms with Crippen molar-refractivity contribution >= 4 is 39.5 Å². The van der Waals surface area contributed by atoms with Crippen LogP contribution in [0.1, 0.15) is 6.42 Å². The summed E-state index contributed by atoms with van der Waals surface area (Å²) in [6, 6.07) is 5.75. The average molecular weight is 312 g/mol. The Morgan fingerprint density at radius 1 is 1.33 bits per heavy atom. The van der Waals surface area contributed by atoms with Crippen LogP contribution in [-0.4, -0.2) is 23.9 Å². The van der Waals surface area contributed by atoms with Crippen LogP contribution in [0.4, 0.5) is 10.5 Å². The summed E-state index contributed by atoms with van der Waals surface area (Å²) in [5.74, 6) is -0.827. The topological polar surface area (TPSA) is 87.3 Å². The van der Waals surface area contributed by atoms with Crippen molar-refractivity contribution in [3.63, 3.8) is 0 Å². The Balaban J connectivity index is 1.95. The molecule has 0 bridgehead atoms. The summed E-state index contributed by atoms with van der Waals surface area (Å²) in [7, 11) is 0. The number of imide groups is 1. The zero-order chi connectivity index (χ0) is 13.1. The Labute approximate surface area is 111 Å². The van der Waals surface area contributed by atoms with Gasteiger partial charge >= 0.3 is 6.03 Å². The van der Waals surface area contributed by atoms with Crippen LogP contribution in [0.25, 0.3) is 0 Å². The minimum atomic E-state index is -0.806. The Kier molecular flexibility index (Phi) is 3.61. The molecule has 3 N–H and O–H groups in total. The van der Waals surface area contributed by atoms with Crippen molar-refractivity contribution < 1.29 is 14.4 Å². The molecule has 1 heterocycles. The van der Waals surface area contributed by atoms with Gasteiger partial charge in [0.15, 0.2) is 0 Å². The molecule has 1 fully saturated rings. The number of anilines is 1. The van der Waals surface area contributed by atoms with E-state index in [0.29, 0.717) is 5.69 Å². The maximum atomic E-state index is 11.7. The van der Waals surface area contributed by atoms with E-state index in [4.69, 9.17) is 0 Å². The normalized spacial score (nSPS) is 18.2. The van der Waals surface area contributed by atoms with E-state index in [1.807, 2.05) is 6.07 Å². The molecule has 0 aliphatic carbocycles. The van der Waals surface area contributed by atoms with Crippen molar-refractivity contribution in [2.75, 3.05) is 5.32 Å². The fourth-order valence-corrected chi connectivity index (χ4v) is 1.94. The van der Waals surface area contributed by atoms with Crippen molar-refractivity contribution in [3.05, 3.63) is 28.7 Å². The molecule has 6 nitrogen and oxygen atoms in total. The minimum absolute atomic E-state index is 0.0983. The Bertz CT molecular complexity index is 518. The number of amides is 4. The third-order valence-electron chi connectivity index (χ3n) is 2.40. The zero-order valence-electron chi connectivity index (χ0n) is 9.20. The fourth-order valence-electron chi connectivity index (χ4n) is 1.55. The lowest BCUT2D eigenvalue weighted by Gasteiger charge is -2.09. The van der Waals surface area contributed by atoms with Gasteiger partial charge in [-0.1, -0.05) is 12.1 Å². The molecule has 94 valence electrons. The SMILES string of the molecule is O=C(CC1NC(=O)NC1=O)Nc1ccccc1Br. The molecule has 0 aromatic heterocycles. The second kappa shape index (κ2) is 5.18. The molecule has 2 rings (SSSR count). The molecular weight excluding hydrogens is 302 g/mol. The van der Waals surface area contributed by atoms with Crippen LogP contribution >= 0.6 is 15.9 Å². The number of carbonyl (C=O) groups excluding carboxylic acids is 3. The van der Waals surface area contributed by atoms with E-state index in [9.17, 15) is 14.4 Å². The molecule has 0 radical (unpaired) electrons. The first-order chi connectivity index (χ1) is 8.56. The van der Waals surface area contributed by atoms with E-state index >= 15 is 0 Å². The maximum Gasteiger partial charge on any atom is 0.322 e. The molecule has 1 aliphatic rings. The van der Waals surface area contributed by atoms with Crippen LogP contribution < -0.4 is 16.0 Å². The van der Waals surface area contributed by atoms with Crippen molar-refractivity contribution in [2.24, 2.45) is 0 Å². The first-order valence-electron chi connectivity index (χ1n) is 5.22. The van der Waals surface area contributed by atoms with Crippen LogP contribution in [0.5, 0.6) is 0 Å². The molecular formula is C11H10BrN3O3. The van der Waals surface area contributed by atoms with Crippen LogP contribution in [-0.2, 0) is 9.59 Å². The van der Waals surface area contributed by atoms with Gasteiger partial charge < -0.3 is 10.6 Å². The number of rotatable bonds is 3. The molecule has 7 heteroatoms. The van der Waals surface area contributed by atoms with Crippen molar-refractivity contribution in [3.8, 4) is 0 Å². The highest BCUT2D eigenvalue weighted by atomic mass is 79.9. The van der Waals surface area contributed by atoms with Crippen molar-refractivity contribution in [2.45, 2.75) is 12.5 Å². The summed E-state index contributed by atoms with van der Waals surface area (Å²) >= 11 is 3.30. The lowest BCUT2D eigenvalue weighted by molar-refractivity contribution is -0.124. The second-order valence-corrected chi connectivity index (χ2v) is 4.60. The summed E-state index contributed by atoms with van der Waals surface area (Å²) in [5.41, 5.74) is 0.618. The summed E-state index contributed by atoms with van der Waals surface area (Å²) in [5, 5.41) is 7.09. The van der Waals surface area contributed by atoms with E-state index in [-0.39, 0.29) is 12.3 Å². The molecule has 0 spiro atoms. The van der Waals surface area contributed by atoms with Gasteiger partial charge in [-0.15, -0.1) is 0 Å². The van der Waals surface area contributed by atoms with E-state index in [1.54, 1.807) is 18.2 Å². The number of nitrogens with one attached hydrogen (secondary N) is 3.